The van der Waals surface area contributed by atoms with Gasteiger partial charge in [-0.2, -0.15) is 11.8 Å². The van der Waals surface area contributed by atoms with Gasteiger partial charge in [0.05, 0.1) is 30.3 Å². The summed E-state index contributed by atoms with van der Waals surface area (Å²) in [7, 11) is 0. The molecule has 86 heavy (non-hydrogen) atoms. The number of hydroxylamine groups is 2. The second-order valence-electron chi connectivity index (χ2n) is 22.0. The minimum Gasteiger partial charge on any atom is -0.481 e. The maximum absolute atomic E-state index is 15.5. The lowest BCUT2D eigenvalue weighted by atomic mass is 9.82. The van der Waals surface area contributed by atoms with Crippen LogP contribution in [0.15, 0.2) is 60.8 Å². The number of primary amides is 1. The zero-order valence-corrected chi connectivity index (χ0v) is 49.6. The van der Waals surface area contributed by atoms with Gasteiger partial charge in [0.15, 0.2) is 11.6 Å². The molecule has 468 valence electrons. The summed E-state index contributed by atoms with van der Waals surface area (Å²) in [5.74, 6) is -12.2. The molecule has 0 saturated carbocycles. The number of carbonyl (C=O) groups is 13. The molecule has 8 N–H and O–H groups in total. The Morgan fingerprint density at radius 1 is 0.756 bits per heavy atom. The van der Waals surface area contributed by atoms with E-state index in [1.165, 1.54) is 13.8 Å². The predicted molar refractivity (Wildman–Crippen MR) is 307 cm³/mol. The first-order chi connectivity index (χ1) is 40.5. The summed E-state index contributed by atoms with van der Waals surface area (Å²) < 4.78 is 32.0. The summed E-state index contributed by atoms with van der Waals surface area (Å²) in [6.07, 6.45) is -1.06. The van der Waals surface area contributed by atoms with E-state index in [-0.39, 0.29) is 120 Å². The van der Waals surface area contributed by atoms with Crippen LogP contribution >= 0.6 is 11.8 Å². The van der Waals surface area contributed by atoms with Crippen molar-refractivity contribution in [2.75, 3.05) is 24.6 Å². The lowest BCUT2D eigenvalue weighted by Gasteiger charge is -2.41. The van der Waals surface area contributed by atoms with Crippen LogP contribution < -0.4 is 27.0 Å². The summed E-state index contributed by atoms with van der Waals surface area (Å²) >= 11 is 1.14. The number of aliphatic carboxylic acids is 2. The normalized spacial score (nSPS) is 14.0. The van der Waals surface area contributed by atoms with Gasteiger partial charge >= 0.3 is 17.9 Å². The van der Waals surface area contributed by atoms with Crippen molar-refractivity contribution in [3.63, 3.8) is 0 Å². The average molecular weight is 1220 g/mol. The topological polar surface area (TPSA) is 357 Å². The molecule has 5 atom stereocenters. The van der Waals surface area contributed by atoms with Crippen molar-refractivity contribution >= 4 is 88.5 Å². The van der Waals surface area contributed by atoms with Gasteiger partial charge in [-0.3, -0.25) is 52.7 Å². The van der Waals surface area contributed by atoms with Crippen molar-refractivity contribution in [1.29, 1.82) is 0 Å². The number of carbonyl (C=O) groups excluding carboxylic acids is 11. The van der Waals surface area contributed by atoms with Gasteiger partial charge in [-0.15, -0.1) is 5.06 Å². The fourth-order valence-electron chi connectivity index (χ4n) is 9.29. The molecule has 2 aromatic carbocycles. The largest absolute Gasteiger partial charge is 0.481 e. The highest BCUT2D eigenvalue weighted by Gasteiger charge is 2.38. The number of nitrogens with zero attached hydrogens (tertiary/aromatic N) is 3. The Labute approximate surface area is 500 Å². The second-order valence-corrected chi connectivity index (χ2v) is 23.1. The van der Waals surface area contributed by atoms with Crippen LogP contribution in [-0.2, 0) is 73.7 Å². The lowest BCUT2D eigenvalue weighted by molar-refractivity contribution is -0.197. The van der Waals surface area contributed by atoms with Gasteiger partial charge in [0.25, 0.3) is 11.8 Å². The molecule has 1 aromatic heterocycles. The van der Waals surface area contributed by atoms with Gasteiger partial charge in [0.2, 0.25) is 35.4 Å². The second kappa shape index (κ2) is 34.0. The first-order valence-electron chi connectivity index (χ1n) is 28.1. The van der Waals surface area contributed by atoms with Crippen molar-refractivity contribution in [3.8, 4) is 11.1 Å². The highest BCUT2D eigenvalue weighted by molar-refractivity contribution is 7.99. The fraction of sp³-hybridized carbons (Fsp3) is 0.508. The summed E-state index contributed by atoms with van der Waals surface area (Å²) in [6, 6.07) is 9.46. The van der Waals surface area contributed by atoms with Crippen LogP contribution in [0.2, 0.25) is 0 Å². The van der Waals surface area contributed by atoms with Gasteiger partial charge in [-0.05, 0) is 67.9 Å². The number of hydrogen-bond donors (Lipinski definition) is 7. The van der Waals surface area contributed by atoms with Gasteiger partial charge in [-0.1, -0.05) is 58.0 Å². The molecule has 0 spiro atoms. The first kappa shape index (κ1) is 70.1. The van der Waals surface area contributed by atoms with E-state index in [1.54, 1.807) is 17.2 Å². The third-order valence-electron chi connectivity index (χ3n) is 13.7. The Balaban J connectivity index is 1.45. The van der Waals surface area contributed by atoms with E-state index in [0.29, 0.717) is 16.3 Å². The number of carboxylic acid groups (broad SMARTS) is 2. The number of nitrogens with two attached hydrogens (primary N) is 1. The Morgan fingerprint density at radius 2 is 1.43 bits per heavy atom. The van der Waals surface area contributed by atoms with Crippen LogP contribution in [0.1, 0.15) is 142 Å². The molecule has 27 heteroatoms. The number of aromatic nitrogens is 1. The van der Waals surface area contributed by atoms with E-state index in [9.17, 15) is 71.8 Å². The van der Waals surface area contributed by atoms with Gasteiger partial charge in [0, 0.05) is 112 Å². The Bertz CT molecular complexity index is 2950. The highest BCUT2D eigenvalue weighted by Crippen LogP contribution is 2.42. The molecule has 3 aromatic rings. The van der Waals surface area contributed by atoms with E-state index < -0.39 is 131 Å². The van der Waals surface area contributed by atoms with E-state index in [2.05, 4.69) is 21.3 Å². The molecule has 4 rings (SSSR count). The quantitative estimate of drug-likeness (QED) is 0.0310. The van der Waals surface area contributed by atoms with Crippen LogP contribution in [-0.4, -0.2) is 144 Å². The van der Waals surface area contributed by atoms with Crippen molar-refractivity contribution in [2.24, 2.45) is 17.1 Å². The summed E-state index contributed by atoms with van der Waals surface area (Å²) in [4.78, 5) is 169. The Hall–Kier alpha value is -8.36. The number of rotatable bonds is 37. The molecule has 1 fully saturated rings. The summed E-state index contributed by atoms with van der Waals surface area (Å²) in [5.41, 5.74) is 6.50. The lowest BCUT2D eigenvalue weighted by Crippen LogP contribution is -2.46. The van der Waals surface area contributed by atoms with Gasteiger partial charge in [0.1, 0.15) is 17.7 Å². The standard InChI is InChI=1S/C59H76F2N8O16S/c1-35(28-46(71)36(2)64-49(74)15-11-16-55(81)85-69-51(76)20-21-52(69)77)57(82)66-43(31-47(62)72)45(70)14-9-10-26-68(53(78)34-86-27-24-48(73)63-25-23-50(75)65-42(58(83)84)19-22-54(79)80)56(59(3,4)5)44-29-38(40-30-39(60)17-18-41(40)61)33-67(44)32-37-12-7-6-8-13-37/h6-8,12-13,17-18,29-30,33,35-36,42-43,56H,9-11,14-16,19-28,31-32,34H2,1-5H3,(H2,62,72)(H,63,73)(H,64,74)(H,65,75)(H,66,82)(H,79,80)(H,83,84)/t35-,36-,42-,43-,56-/m0/s1. The maximum Gasteiger partial charge on any atom is 0.333 e. The van der Waals surface area contributed by atoms with E-state index in [0.717, 1.165) is 35.5 Å². The number of benzene rings is 2. The molecule has 0 radical (unpaired) electrons. The minimum absolute atomic E-state index is 0.0142. The molecular weight excluding hydrogens is 1150 g/mol. The highest BCUT2D eigenvalue weighted by atomic mass is 32.2. The molecule has 1 aliphatic rings. The number of Topliss-reactive ketones (excluding diaryl/α,β-unsaturated/α-hetero) is 2. The van der Waals surface area contributed by atoms with E-state index >= 15 is 4.39 Å². The van der Waals surface area contributed by atoms with Crippen molar-refractivity contribution < 1.29 is 86.2 Å². The van der Waals surface area contributed by atoms with Gasteiger partial charge < -0.3 is 51.5 Å². The zero-order valence-electron chi connectivity index (χ0n) is 48.8. The molecule has 0 bridgehead atoms. The monoisotopic (exact) mass is 1220 g/mol. The number of amides is 8. The molecule has 0 unspecified atom stereocenters. The third-order valence-corrected chi connectivity index (χ3v) is 14.7. The van der Waals surface area contributed by atoms with E-state index in [1.807, 2.05) is 55.7 Å². The number of hydrogen-bond acceptors (Lipinski definition) is 15. The van der Waals surface area contributed by atoms with Crippen molar-refractivity contribution in [3.05, 3.63) is 83.7 Å². The zero-order chi connectivity index (χ0) is 63.8. The SMILES string of the molecule is C[C@H](NC(=O)CCCC(=O)ON1C(=O)CCC1=O)C(=O)C[C@H](C)C(=O)N[C@@H](CC(N)=O)C(=O)CCCCN(C(=O)CSCCC(=O)NCCC(=O)N[C@@H](CCC(=O)O)C(=O)O)[C@@H](c1cc(-c2cc(F)ccc2F)cn1Cc1ccccc1)C(C)(C)C. The van der Waals surface area contributed by atoms with Crippen LogP contribution in [0.3, 0.4) is 0 Å². The van der Waals surface area contributed by atoms with Crippen LogP contribution in [0, 0.1) is 23.0 Å². The maximum atomic E-state index is 15.5. The molecule has 1 aliphatic heterocycles. The predicted octanol–water partition coefficient (Wildman–Crippen LogP) is 4.44. The molecule has 1 saturated heterocycles. The first-order valence-corrected chi connectivity index (χ1v) is 29.3. The molecule has 8 amide bonds. The van der Waals surface area contributed by atoms with Crippen LogP contribution in [0.5, 0.6) is 0 Å². The molecular formula is C59H76F2N8O16S. The number of ketones is 2. The summed E-state index contributed by atoms with van der Waals surface area (Å²) in [5, 5.41) is 28.4. The number of halogens is 2. The van der Waals surface area contributed by atoms with Gasteiger partial charge in [-0.25, -0.2) is 18.4 Å². The summed E-state index contributed by atoms with van der Waals surface area (Å²) in [6.45, 7) is 8.65. The number of imide groups is 1. The van der Waals surface area contributed by atoms with Crippen molar-refractivity contribution in [2.45, 2.75) is 155 Å². The Kier molecular flexibility index (Phi) is 27.7. The smallest absolute Gasteiger partial charge is 0.333 e. The number of thioether (sulfide) groups is 1. The minimum atomic E-state index is -1.43. The average Bonchev–Trinajstić information content (AvgIpc) is 1.88. The van der Waals surface area contributed by atoms with Crippen molar-refractivity contribution in [1.82, 2.24) is 35.8 Å². The molecule has 0 aliphatic carbocycles. The number of unbranched alkanes of at least 4 members (excludes halogenated alkanes) is 1. The van der Waals surface area contributed by atoms with E-state index in [4.69, 9.17) is 15.7 Å². The molecule has 24 nitrogen and oxygen atoms in total. The number of nitrogens with one attached hydrogen (secondary N) is 4. The Morgan fingerprint density at radius 3 is 2.07 bits per heavy atom. The number of carboxylic acids is 2. The van der Waals surface area contributed by atoms with Crippen LogP contribution in [0.25, 0.3) is 11.1 Å². The molecule has 2 heterocycles. The van der Waals surface area contributed by atoms with Crippen LogP contribution in [0.4, 0.5) is 8.78 Å². The third kappa shape index (κ3) is 23.2. The fourth-order valence-corrected chi connectivity index (χ4v) is 10.1.